The molecule has 4 saturated carbocycles. The number of esters is 1. The molecule has 1 aliphatic heterocycles. The monoisotopic (exact) mass is 376 g/mol. The van der Waals surface area contributed by atoms with Crippen molar-refractivity contribution in [2.24, 2.45) is 17.8 Å². The average molecular weight is 376 g/mol. The minimum absolute atomic E-state index is 0.00937. The van der Waals surface area contributed by atoms with E-state index in [0.717, 1.165) is 56.3 Å². The van der Waals surface area contributed by atoms with E-state index in [1.54, 1.807) is 11.8 Å². The van der Waals surface area contributed by atoms with Crippen molar-refractivity contribution in [3.63, 3.8) is 0 Å². The Labute approximate surface area is 161 Å². The van der Waals surface area contributed by atoms with Crippen LogP contribution in [0.25, 0.3) is 0 Å². The molecule has 1 N–H and O–H groups in total. The van der Waals surface area contributed by atoms with Crippen molar-refractivity contribution in [3.05, 3.63) is 0 Å². The summed E-state index contributed by atoms with van der Waals surface area (Å²) in [5, 5.41) is 3.26. The molecule has 5 aliphatic rings. The molecule has 27 heavy (non-hydrogen) atoms. The van der Waals surface area contributed by atoms with E-state index in [9.17, 15) is 14.4 Å². The summed E-state index contributed by atoms with van der Waals surface area (Å²) < 4.78 is 5.37. The largest absolute Gasteiger partial charge is 0.451 e. The molecule has 4 aliphatic carbocycles. The van der Waals surface area contributed by atoms with Gasteiger partial charge in [0.2, 0.25) is 5.91 Å². The first-order valence-electron chi connectivity index (χ1n) is 10.7. The number of amides is 2. The molecule has 0 unspecified atom stereocenters. The quantitative estimate of drug-likeness (QED) is 0.748. The number of nitrogens with zero attached hydrogens (tertiary/aromatic N) is 1. The smallest absolute Gasteiger partial charge is 0.326 e. The van der Waals surface area contributed by atoms with Crippen LogP contribution in [0.4, 0.5) is 0 Å². The summed E-state index contributed by atoms with van der Waals surface area (Å²) in [6.07, 6.45) is 9.70. The second kappa shape index (κ2) is 7.44. The number of ether oxygens (including phenoxy) is 1. The normalized spacial score (nSPS) is 36.3. The second-order valence-electron chi connectivity index (χ2n) is 9.45. The van der Waals surface area contributed by atoms with Crippen molar-refractivity contribution in [2.45, 2.75) is 82.8 Å². The summed E-state index contributed by atoms with van der Waals surface area (Å²) in [7, 11) is 0. The van der Waals surface area contributed by atoms with Crippen LogP contribution < -0.4 is 5.32 Å². The van der Waals surface area contributed by atoms with Crippen LogP contribution in [0, 0.1) is 17.8 Å². The van der Waals surface area contributed by atoms with Crippen molar-refractivity contribution in [2.75, 3.05) is 13.1 Å². The molecule has 1 heterocycles. The van der Waals surface area contributed by atoms with Gasteiger partial charge in [-0.25, -0.2) is 0 Å². The van der Waals surface area contributed by atoms with Crippen molar-refractivity contribution < 1.29 is 19.1 Å². The van der Waals surface area contributed by atoms with Crippen LogP contribution in [0.5, 0.6) is 0 Å². The number of likely N-dealkylation sites (tertiary alicyclic amines) is 1. The van der Waals surface area contributed by atoms with Crippen LogP contribution in [0.2, 0.25) is 0 Å². The predicted octanol–water partition coefficient (Wildman–Crippen LogP) is 2.41. The van der Waals surface area contributed by atoms with Crippen molar-refractivity contribution >= 4 is 17.8 Å². The Balaban J connectivity index is 1.29. The zero-order chi connectivity index (χ0) is 19.0. The first-order valence-corrected chi connectivity index (χ1v) is 10.7. The molecule has 0 aromatic heterocycles. The van der Waals surface area contributed by atoms with Gasteiger partial charge in [0.15, 0.2) is 6.10 Å². The summed E-state index contributed by atoms with van der Waals surface area (Å²) in [4.78, 5) is 38.6. The molecule has 0 spiro atoms. The summed E-state index contributed by atoms with van der Waals surface area (Å²) >= 11 is 0. The summed E-state index contributed by atoms with van der Waals surface area (Å²) in [5.41, 5.74) is -0.0761. The van der Waals surface area contributed by atoms with Gasteiger partial charge >= 0.3 is 5.97 Å². The van der Waals surface area contributed by atoms with Crippen molar-refractivity contribution in [3.8, 4) is 0 Å². The van der Waals surface area contributed by atoms with E-state index in [-0.39, 0.29) is 23.9 Å². The number of carbonyl (C=O) groups excluding carboxylic acids is 3. The Kier molecular flexibility index (Phi) is 5.17. The second-order valence-corrected chi connectivity index (χ2v) is 9.45. The van der Waals surface area contributed by atoms with Crippen LogP contribution in [0.3, 0.4) is 0 Å². The standard InChI is InChI=1S/C21H32N2O4/c1-14(27-19(25)13-23-6-4-2-3-5-18(23)24)20(26)22-21-10-15-7-16(11-21)9-17(8-15)12-21/h14-17H,2-13H2,1H3,(H,22,26)/t14-,15?,16?,17?,21?/m1/s1. The Morgan fingerprint density at radius 3 is 2.37 bits per heavy atom. The lowest BCUT2D eigenvalue weighted by Gasteiger charge is -2.57. The molecule has 6 heteroatoms. The average Bonchev–Trinajstić information content (AvgIpc) is 2.77. The number of hydrogen-bond donors (Lipinski definition) is 1. The van der Waals surface area contributed by atoms with Crippen LogP contribution >= 0.6 is 0 Å². The van der Waals surface area contributed by atoms with E-state index in [4.69, 9.17) is 4.74 Å². The van der Waals surface area contributed by atoms with Gasteiger partial charge < -0.3 is 15.0 Å². The van der Waals surface area contributed by atoms with Crippen LogP contribution in [0.15, 0.2) is 0 Å². The minimum Gasteiger partial charge on any atom is -0.451 e. The fraction of sp³-hybridized carbons (Fsp3) is 0.857. The van der Waals surface area contributed by atoms with E-state index in [0.29, 0.717) is 13.0 Å². The highest BCUT2D eigenvalue weighted by atomic mass is 16.5. The molecule has 0 aromatic carbocycles. The first kappa shape index (κ1) is 18.8. The van der Waals surface area contributed by atoms with Gasteiger partial charge in [-0.05, 0) is 76.0 Å². The van der Waals surface area contributed by atoms with Gasteiger partial charge in [0, 0.05) is 18.5 Å². The lowest BCUT2D eigenvalue weighted by atomic mass is 9.53. The number of rotatable bonds is 5. The van der Waals surface area contributed by atoms with E-state index in [1.807, 2.05) is 0 Å². The van der Waals surface area contributed by atoms with Gasteiger partial charge in [0.1, 0.15) is 6.54 Å². The van der Waals surface area contributed by atoms with Crippen LogP contribution in [-0.2, 0) is 19.1 Å². The maximum Gasteiger partial charge on any atom is 0.326 e. The van der Waals surface area contributed by atoms with E-state index >= 15 is 0 Å². The van der Waals surface area contributed by atoms with Crippen LogP contribution in [-0.4, -0.2) is 47.4 Å². The number of nitrogens with one attached hydrogen (secondary N) is 1. The van der Waals surface area contributed by atoms with Gasteiger partial charge in [-0.3, -0.25) is 14.4 Å². The zero-order valence-corrected chi connectivity index (χ0v) is 16.4. The fourth-order valence-electron chi connectivity index (χ4n) is 6.28. The zero-order valence-electron chi connectivity index (χ0n) is 16.4. The molecule has 5 rings (SSSR count). The molecule has 5 fully saturated rings. The van der Waals surface area contributed by atoms with E-state index in [1.165, 1.54) is 19.3 Å². The molecule has 4 bridgehead atoms. The predicted molar refractivity (Wildman–Crippen MR) is 99.6 cm³/mol. The molecule has 0 aromatic rings. The maximum absolute atomic E-state index is 12.7. The minimum atomic E-state index is -0.812. The van der Waals surface area contributed by atoms with Gasteiger partial charge in [0.05, 0.1) is 0 Å². The van der Waals surface area contributed by atoms with Gasteiger partial charge in [-0.15, -0.1) is 0 Å². The third-order valence-corrected chi connectivity index (χ3v) is 7.10. The summed E-state index contributed by atoms with van der Waals surface area (Å²) in [6, 6.07) is 0. The molecule has 1 atom stereocenters. The topological polar surface area (TPSA) is 75.7 Å². The lowest BCUT2D eigenvalue weighted by molar-refractivity contribution is -0.159. The highest BCUT2D eigenvalue weighted by molar-refractivity contribution is 5.86. The number of hydrogen-bond acceptors (Lipinski definition) is 4. The van der Waals surface area contributed by atoms with E-state index in [2.05, 4.69) is 5.32 Å². The Morgan fingerprint density at radius 2 is 1.74 bits per heavy atom. The highest BCUT2D eigenvalue weighted by Crippen LogP contribution is 2.55. The molecular formula is C21H32N2O4. The Bertz CT molecular complexity index is 582. The molecular weight excluding hydrogens is 344 g/mol. The van der Waals surface area contributed by atoms with Crippen molar-refractivity contribution in [1.82, 2.24) is 10.2 Å². The third kappa shape index (κ3) is 4.14. The van der Waals surface area contributed by atoms with Crippen LogP contribution in [0.1, 0.15) is 71.1 Å². The molecule has 150 valence electrons. The molecule has 2 amide bonds. The van der Waals surface area contributed by atoms with Gasteiger partial charge in [0.25, 0.3) is 5.91 Å². The Hall–Kier alpha value is -1.59. The summed E-state index contributed by atoms with van der Waals surface area (Å²) in [5.74, 6) is 1.59. The van der Waals surface area contributed by atoms with Gasteiger partial charge in [-0.1, -0.05) is 6.42 Å². The summed E-state index contributed by atoms with van der Waals surface area (Å²) in [6.45, 7) is 2.19. The SMILES string of the molecule is C[C@@H](OC(=O)CN1CCCCCC1=O)C(=O)NC12CC3CC(CC(C3)C1)C2. The van der Waals surface area contributed by atoms with Crippen molar-refractivity contribution in [1.29, 1.82) is 0 Å². The number of carbonyl (C=O) groups is 3. The first-order chi connectivity index (χ1) is 12.9. The fourth-order valence-corrected chi connectivity index (χ4v) is 6.28. The lowest BCUT2D eigenvalue weighted by Crippen LogP contribution is -2.61. The highest BCUT2D eigenvalue weighted by Gasteiger charge is 2.51. The van der Waals surface area contributed by atoms with E-state index < -0.39 is 12.1 Å². The molecule has 0 radical (unpaired) electrons. The molecule has 6 nitrogen and oxygen atoms in total. The Morgan fingerprint density at radius 1 is 1.11 bits per heavy atom. The maximum atomic E-state index is 12.7. The molecule has 1 saturated heterocycles. The van der Waals surface area contributed by atoms with Gasteiger partial charge in [-0.2, -0.15) is 0 Å². The third-order valence-electron chi connectivity index (χ3n) is 7.10.